The Kier molecular flexibility index (Phi) is 21.2. The molecule has 0 aromatic heterocycles. The number of Topliss-reactive ketones (excluding diaryl/α,β-unsaturated/α-hetero) is 1. The van der Waals surface area contributed by atoms with Crippen LogP contribution in [0.5, 0.6) is 0 Å². The van der Waals surface area contributed by atoms with Crippen molar-refractivity contribution < 1.29 is 48.5 Å². The Bertz CT molecular complexity index is 1230. The molecule has 0 bridgehead atoms. The average Bonchev–Trinajstić information content (AvgIpc) is 3.01. The number of carbonyl (C=O) groups is 6. The summed E-state index contributed by atoms with van der Waals surface area (Å²) in [4.78, 5) is 73.4. The molecular formula is C40H74N4O10. The third-order valence-corrected chi connectivity index (χ3v) is 9.09. The van der Waals surface area contributed by atoms with Gasteiger partial charge in [-0.25, -0.2) is 4.79 Å². The van der Waals surface area contributed by atoms with Gasteiger partial charge >= 0.3 is 11.9 Å². The predicted octanol–water partition coefficient (Wildman–Crippen LogP) is 5.01. The Balaban J connectivity index is 4.45. The van der Waals surface area contributed by atoms with Crippen LogP contribution >= 0.6 is 0 Å². The second-order valence-electron chi connectivity index (χ2n) is 18.5. The molecule has 0 aliphatic carbocycles. The number of amides is 3. The zero-order valence-electron chi connectivity index (χ0n) is 35.6. The highest BCUT2D eigenvalue weighted by Crippen LogP contribution is 2.26. The lowest BCUT2D eigenvalue weighted by Crippen LogP contribution is -2.50. The summed E-state index contributed by atoms with van der Waals surface area (Å²) >= 11 is 0. The number of hydrogen-bond acceptors (Lipinski definition) is 9. The average molecular weight is 771 g/mol. The van der Waals surface area contributed by atoms with Crippen molar-refractivity contribution in [3.8, 4) is 0 Å². The Hall–Kier alpha value is -3.10. The van der Waals surface area contributed by atoms with Crippen molar-refractivity contribution in [3.63, 3.8) is 0 Å². The maximum atomic E-state index is 12.9. The molecule has 14 heteroatoms. The van der Waals surface area contributed by atoms with Gasteiger partial charge in [-0.1, -0.05) is 27.7 Å². The summed E-state index contributed by atoms with van der Waals surface area (Å²) in [5.41, 5.74) is -2.83. The summed E-state index contributed by atoms with van der Waals surface area (Å²) in [6.07, 6.45) is 3.53. The number of carbonyl (C=O) groups excluding carboxylic acids is 4. The van der Waals surface area contributed by atoms with Crippen LogP contribution in [0.3, 0.4) is 0 Å². The van der Waals surface area contributed by atoms with Gasteiger partial charge in [0, 0.05) is 42.8 Å². The molecule has 1 unspecified atom stereocenters. The van der Waals surface area contributed by atoms with Gasteiger partial charge < -0.3 is 41.0 Å². The van der Waals surface area contributed by atoms with E-state index < -0.39 is 51.8 Å². The van der Waals surface area contributed by atoms with E-state index in [2.05, 4.69) is 42.0 Å². The van der Waals surface area contributed by atoms with E-state index in [-0.39, 0.29) is 61.6 Å². The van der Waals surface area contributed by atoms with E-state index >= 15 is 0 Å². The Morgan fingerprint density at radius 1 is 0.648 bits per heavy atom. The van der Waals surface area contributed by atoms with Gasteiger partial charge in [0.1, 0.15) is 6.04 Å². The van der Waals surface area contributed by atoms with Crippen LogP contribution in [-0.4, -0.2) is 101 Å². The third-order valence-electron chi connectivity index (χ3n) is 9.09. The van der Waals surface area contributed by atoms with Gasteiger partial charge in [0.2, 0.25) is 17.7 Å². The van der Waals surface area contributed by atoms with Crippen molar-refractivity contribution in [3.05, 3.63) is 0 Å². The number of ketones is 1. The number of carboxylic acids is 2. The van der Waals surface area contributed by atoms with Crippen molar-refractivity contribution >= 4 is 35.4 Å². The lowest BCUT2D eigenvalue weighted by Gasteiger charge is -2.32. The fraction of sp³-hybridized carbons (Fsp3) is 0.850. The molecule has 0 aliphatic heterocycles. The molecule has 3 amide bonds. The second kappa shape index (κ2) is 22.5. The first-order valence-corrected chi connectivity index (χ1v) is 19.4. The minimum atomic E-state index is -1.29. The van der Waals surface area contributed by atoms with Crippen LogP contribution < -0.4 is 21.3 Å². The molecule has 6 N–H and O–H groups in total. The number of rotatable bonds is 27. The number of aliphatic carboxylic acids is 2. The van der Waals surface area contributed by atoms with Crippen molar-refractivity contribution in [2.45, 2.75) is 177 Å². The molecular weight excluding hydrogens is 696 g/mol. The van der Waals surface area contributed by atoms with E-state index in [1.165, 1.54) is 20.8 Å². The van der Waals surface area contributed by atoms with E-state index in [9.17, 15) is 39.0 Å². The molecule has 314 valence electrons. The van der Waals surface area contributed by atoms with E-state index in [1.54, 1.807) is 0 Å². The first-order valence-electron chi connectivity index (χ1n) is 19.4. The van der Waals surface area contributed by atoms with Crippen LogP contribution in [0.15, 0.2) is 0 Å². The topological polar surface area (TPSA) is 209 Å². The highest BCUT2D eigenvalue weighted by molar-refractivity contribution is 5.89. The molecule has 14 nitrogen and oxygen atoms in total. The van der Waals surface area contributed by atoms with Gasteiger partial charge in [-0.3, -0.25) is 24.0 Å². The summed E-state index contributed by atoms with van der Waals surface area (Å²) in [5.74, 6) is -3.88. The number of nitrogens with one attached hydrogen (secondary N) is 4. The van der Waals surface area contributed by atoms with Crippen LogP contribution in [-0.2, 0) is 38.2 Å². The van der Waals surface area contributed by atoms with Crippen LogP contribution in [0.4, 0.5) is 0 Å². The molecule has 0 aliphatic rings. The predicted molar refractivity (Wildman–Crippen MR) is 209 cm³/mol. The number of unbranched alkanes of at least 4 members (excludes halogenated alkanes) is 1. The second-order valence-corrected chi connectivity index (χ2v) is 18.5. The molecule has 0 saturated carbocycles. The molecule has 0 saturated heterocycles. The summed E-state index contributed by atoms with van der Waals surface area (Å²) in [6.45, 7) is 25.6. The molecule has 3 atom stereocenters. The molecule has 0 radical (unpaired) electrons. The van der Waals surface area contributed by atoms with Crippen LogP contribution in [0.25, 0.3) is 0 Å². The first kappa shape index (κ1) is 50.9. The van der Waals surface area contributed by atoms with Crippen LogP contribution in [0, 0.1) is 16.7 Å². The lowest BCUT2D eigenvalue weighted by molar-refractivity contribution is -0.149. The summed E-state index contributed by atoms with van der Waals surface area (Å²) in [6, 6.07) is -1.51. The van der Waals surface area contributed by atoms with Crippen molar-refractivity contribution in [2.75, 3.05) is 26.3 Å². The normalized spacial score (nSPS) is 14.5. The van der Waals surface area contributed by atoms with Gasteiger partial charge in [-0.15, -0.1) is 0 Å². The zero-order chi connectivity index (χ0) is 42.1. The summed E-state index contributed by atoms with van der Waals surface area (Å²) in [5, 5.41) is 30.4. The standard InChI is InChI=1S/C40H74N4O10/c1-27(26-38(8,9)35(51)52)33(48)43-29(34(49)50)17-18-30(45)42-23-25-54-40(12,13)21-24-53-39(10,11)20-19-31(46)41-22-15-14-16-28(44-37(5,6)7)32(47)36(2,3)4/h27-29,44H,14-26H2,1-13H3,(H,41,46)(H,42,45)(H,43,48)(H,49,50)(H,51,52)/t27?,28-,29+/m1/s1. The summed E-state index contributed by atoms with van der Waals surface area (Å²) < 4.78 is 12.0. The van der Waals surface area contributed by atoms with Gasteiger partial charge in [0.15, 0.2) is 5.78 Å². The molecule has 0 aromatic carbocycles. The third kappa shape index (κ3) is 23.0. The largest absolute Gasteiger partial charge is 0.481 e. The monoisotopic (exact) mass is 771 g/mol. The highest BCUT2D eigenvalue weighted by Gasteiger charge is 2.34. The fourth-order valence-electron chi connectivity index (χ4n) is 5.63. The lowest BCUT2D eigenvalue weighted by atomic mass is 9.83. The highest BCUT2D eigenvalue weighted by atomic mass is 16.5. The minimum absolute atomic E-state index is 0.0303. The number of hydrogen-bond donors (Lipinski definition) is 6. The zero-order valence-corrected chi connectivity index (χ0v) is 35.6. The number of carboxylic acid groups (broad SMARTS) is 2. The molecule has 0 aromatic rings. The van der Waals surface area contributed by atoms with Crippen molar-refractivity contribution in [2.24, 2.45) is 16.7 Å². The molecule has 0 heterocycles. The van der Waals surface area contributed by atoms with E-state index in [0.29, 0.717) is 32.4 Å². The minimum Gasteiger partial charge on any atom is -0.481 e. The van der Waals surface area contributed by atoms with Crippen LogP contribution in [0.2, 0.25) is 0 Å². The smallest absolute Gasteiger partial charge is 0.326 e. The summed E-state index contributed by atoms with van der Waals surface area (Å²) in [7, 11) is 0. The Labute approximate surface area is 324 Å². The maximum absolute atomic E-state index is 12.9. The number of ether oxygens (including phenoxy) is 2. The van der Waals surface area contributed by atoms with E-state index in [1.807, 2.05) is 48.5 Å². The quantitative estimate of drug-likeness (QED) is 0.0612. The van der Waals surface area contributed by atoms with E-state index in [4.69, 9.17) is 9.47 Å². The SMILES string of the molecule is CC(CC(C)(C)C(=O)O)C(=O)N[C@@H](CCC(=O)NCCOC(C)(C)CCOC(C)(C)CCC(=O)NCCCC[C@@H](NC(C)(C)C)C(=O)C(C)(C)C)C(=O)O. The van der Waals surface area contributed by atoms with Gasteiger partial charge in [-0.2, -0.15) is 0 Å². The van der Waals surface area contributed by atoms with Crippen molar-refractivity contribution in [1.29, 1.82) is 0 Å². The van der Waals surface area contributed by atoms with Gasteiger partial charge in [0.05, 0.1) is 35.9 Å². The van der Waals surface area contributed by atoms with Crippen molar-refractivity contribution in [1.82, 2.24) is 21.3 Å². The van der Waals surface area contributed by atoms with Crippen LogP contribution in [0.1, 0.15) is 148 Å². The maximum Gasteiger partial charge on any atom is 0.326 e. The fourth-order valence-corrected chi connectivity index (χ4v) is 5.63. The van der Waals surface area contributed by atoms with Gasteiger partial charge in [0.25, 0.3) is 0 Å². The molecule has 0 rings (SSSR count). The Morgan fingerprint density at radius 2 is 1.19 bits per heavy atom. The first-order chi connectivity index (χ1) is 24.5. The van der Waals surface area contributed by atoms with E-state index in [0.717, 1.165) is 19.3 Å². The molecule has 0 fully saturated rings. The molecule has 54 heavy (non-hydrogen) atoms. The Morgan fingerprint density at radius 3 is 1.72 bits per heavy atom. The van der Waals surface area contributed by atoms with Gasteiger partial charge in [-0.05, 0) is 107 Å². The molecule has 0 spiro atoms.